The first-order valence-electron chi connectivity index (χ1n) is 6.60. The van der Waals surface area contributed by atoms with Gasteiger partial charge in [0.05, 0.1) is 4.92 Å². The van der Waals surface area contributed by atoms with Crippen LogP contribution in [0.3, 0.4) is 0 Å². The second-order valence-electron chi connectivity index (χ2n) is 5.20. The van der Waals surface area contributed by atoms with Crippen LogP contribution in [0.5, 0.6) is 0 Å². The summed E-state index contributed by atoms with van der Waals surface area (Å²) in [6, 6.07) is 1.22. The lowest BCUT2D eigenvalue weighted by Gasteiger charge is -2.16. The molecule has 2 N–H and O–H groups in total. The Morgan fingerprint density at radius 3 is 2.90 bits per heavy atom. The predicted octanol–water partition coefficient (Wildman–Crippen LogP) is 2.54. The standard InChI is InChI=1S/C13H17N3O4/c1-8-3-2-4-9(8)6-14-12-5-10(13(17)18)11(7-15-12)16(19)20/h5,7-9H,2-4,6H2,1H3,(H,14,15)(H,17,18). The van der Waals surface area contributed by atoms with Crippen LogP contribution in [-0.4, -0.2) is 27.5 Å². The number of carboxylic acid groups (broad SMARTS) is 1. The number of aromatic nitrogens is 1. The van der Waals surface area contributed by atoms with Crippen LogP contribution in [-0.2, 0) is 0 Å². The van der Waals surface area contributed by atoms with Gasteiger partial charge in [0.15, 0.2) is 0 Å². The first-order valence-corrected chi connectivity index (χ1v) is 6.60. The van der Waals surface area contributed by atoms with Crippen LogP contribution in [0.15, 0.2) is 12.3 Å². The summed E-state index contributed by atoms with van der Waals surface area (Å²) < 4.78 is 0. The monoisotopic (exact) mass is 279 g/mol. The summed E-state index contributed by atoms with van der Waals surface area (Å²) in [6.07, 6.45) is 4.55. The Labute approximate surface area is 116 Å². The molecule has 1 aliphatic rings. The van der Waals surface area contributed by atoms with E-state index in [2.05, 4.69) is 17.2 Å². The van der Waals surface area contributed by atoms with Crippen LogP contribution in [0.25, 0.3) is 0 Å². The van der Waals surface area contributed by atoms with Crippen molar-refractivity contribution < 1.29 is 14.8 Å². The second-order valence-corrected chi connectivity index (χ2v) is 5.20. The molecule has 0 aliphatic heterocycles. The molecule has 7 heteroatoms. The Bertz CT molecular complexity index is 532. The summed E-state index contributed by atoms with van der Waals surface area (Å²) in [6.45, 7) is 2.91. The van der Waals surface area contributed by atoms with Crippen molar-refractivity contribution in [1.82, 2.24) is 4.98 Å². The molecule has 1 fully saturated rings. The lowest BCUT2D eigenvalue weighted by molar-refractivity contribution is -0.385. The number of aromatic carboxylic acids is 1. The van der Waals surface area contributed by atoms with Gasteiger partial charge in [0.25, 0.3) is 0 Å². The minimum Gasteiger partial charge on any atom is -0.477 e. The summed E-state index contributed by atoms with van der Waals surface area (Å²) in [7, 11) is 0. The molecule has 0 radical (unpaired) electrons. The molecule has 1 aliphatic carbocycles. The topological polar surface area (TPSA) is 105 Å². The molecule has 1 aromatic rings. The highest BCUT2D eigenvalue weighted by atomic mass is 16.6. The van der Waals surface area contributed by atoms with Crippen LogP contribution in [0.2, 0.25) is 0 Å². The van der Waals surface area contributed by atoms with E-state index in [1.807, 2.05) is 0 Å². The Kier molecular flexibility index (Phi) is 4.16. The molecular weight excluding hydrogens is 262 g/mol. The number of pyridine rings is 1. The number of carboxylic acids is 1. The molecule has 1 heterocycles. The number of nitrogens with one attached hydrogen (secondary N) is 1. The lowest BCUT2D eigenvalue weighted by atomic mass is 9.98. The highest BCUT2D eigenvalue weighted by Gasteiger charge is 2.24. The third-order valence-electron chi connectivity index (χ3n) is 3.89. The third-order valence-corrected chi connectivity index (χ3v) is 3.89. The van der Waals surface area contributed by atoms with E-state index in [4.69, 9.17) is 5.11 Å². The highest BCUT2D eigenvalue weighted by Crippen LogP contribution is 2.31. The lowest BCUT2D eigenvalue weighted by Crippen LogP contribution is -2.17. The molecule has 2 atom stereocenters. The fraction of sp³-hybridized carbons (Fsp3) is 0.538. The van der Waals surface area contributed by atoms with Gasteiger partial charge in [-0.2, -0.15) is 0 Å². The summed E-state index contributed by atoms with van der Waals surface area (Å²) in [5.41, 5.74) is -0.829. The fourth-order valence-electron chi connectivity index (χ4n) is 2.62. The van der Waals surface area contributed by atoms with Gasteiger partial charge in [-0.1, -0.05) is 19.8 Å². The Hall–Kier alpha value is -2.18. The molecule has 0 amide bonds. The van der Waals surface area contributed by atoms with Crippen LogP contribution in [0.4, 0.5) is 11.5 Å². The number of hydrogen-bond acceptors (Lipinski definition) is 5. The summed E-state index contributed by atoms with van der Waals surface area (Å²) in [5.74, 6) is 0.225. The van der Waals surface area contributed by atoms with Crippen molar-refractivity contribution >= 4 is 17.5 Å². The Morgan fingerprint density at radius 1 is 1.60 bits per heavy atom. The largest absolute Gasteiger partial charge is 0.477 e. The van der Waals surface area contributed by atoms with Crippen molar-refractivity contribution in [2.45, 2.75) is 26.2 Å². The van der Waals surface area contributed by atoms with Gasteiger partial charge < -0.3 is 10.4 Å². The fourth-order valence-corrected chi connectivity index (χ4v) is 2.62. The summed E-state index contributed by atoms with van der Waals surface area (Å²) >= 11 is 0. The second kappa shape index (κ2) is 5.85. The number of nitro groups is 1. The number of anilines is 1. The zero-order valence-electron chi connectivity index (χ0n) is 11.2. The average molecular weight is 279 g/mol. The van der Waals surface area contributed by atoms with Gasteiger partial charge in [-0.25, -0.2) is 9.78 Å². The molecule has 2 unspecified atom stereocenters. The molecule has 0 spiro atoms. The smallest absolute Gasteiger partial charge is 0.342 e. The van der Waals surface area contributed by atoms with Crippen molar-refractivity contribution in [2.24, 2.45) is 11.8 Å². The minimum absolute atomic E-state index is 0.341. The predicted molar refractivity (Wildman–Crippen MR) is 72.8 cm³/mol. The normalized spacial score (nSPS) is 21.6. The van der Waals surface area contributed by atoms with Gasteiger partial charge in [0.2, 0.25) is 0 Å². The van der Waals surface area contributed by atoms with E-state index < -0.39 is 16.6 Å². The van der Waals surface area contributed by atoms with Crippen LogP contribution < -0.4 is 5.32 Å². The maximum Gasteiger partial charge on any atom is 0.342 e. The SMILES string of the molecule is CC1CCCC1CNc1cc(C(=O)O)c([N+](=O)[O-])cn1. The van der Waals surface area contributed by atoms with Crippen molar-refractivity contribution in [1.29, 1.82) is 0 Å². The van der Waals surface area contributed by atoms with Crippen LogP contribution in [0, 0.1) is 22.0 Å². The first-order chi connectivity index (χ1) is 9.49. The van der Waals surface area contributed by atoms with Crippen LogP contribution in [0.1, 0.15) is 36.5 Å². The maximum absolute atomic E-state index is 11.0. The quantitative estimate of drug-likeness (QED) is 0.633. The summed E-state index contributed by atoms with van der Waals surface area (Å²) in [5, 5.41) is 22.8. The Morgan fingerprint density at radius 2 is 2.35 bits per heavy atom. The maximum atomic E-state index is 11.0. The van der Waals surface area contributed by atoms with E-state index >= 15 is 0 Å². The van der Waals surface area contributed by atoms with Crippen molar-refractivity contribution in [3.05, 3.63) is 27.9 Å². The molecule has 108 valence electrons. The zero-order valence-corrected chi connectivity index (χ0v) is 11.2. The van der Waals surface area contributed by atoms with E-state index in [9.17, 15) is 14.9 Å². The third kappa shape index (κ3) is 3.04. The van der Waals surface area contributed by atoms with Gasteiger partial charge in [-0.05, 0) is 18.3 Å². The van der Waals surface area contributed by atoms with Crippen molar-refractivity contribution in [3.63, 3.8) is 0 Å². The number of carbonyl (C=O) groups is 1. The molecule has 7 nitrogen and oxygen atoms in total. The van der Waals surface area contributed by atoms with Crippen LogP contribution >= 0.6 is 0 Å². The molecule has 0 aromatic carbocycles. The average Bonchev–Trinajstić information content (AvgIpc) is 2.81. The van der Waals surface area contributed by atoms with Gasteiger partial charge in [0.1, 0.15) is 17.6 Å². The van der Waals surface area contributed by atoms with E-state index in [0.717, 1.165) is 12.6 Å². The molecule has 2 rings (SSSR count). The van der Waals surface area contributed by atoms with Crippen molar-refractivity contribution in [3.8, 4) is 0 Å². The number of hydrogen-bond donors (Lipinski definition) is 2. The van der Waals surface area contributed by atoms with E-state index in [0.29, 0.717) is 24.2 Å². The molecule has 1 aromatic heterocycles. The highest BCUT2D eigenvalue weighted by molar-refractivity contribution is 5.93. The zero-order chi connectivity index (χ0) is 14.7. The van der Waals surface area contributed by atoms with Gasteiger partial charge in [0, 0.05) is 12.6 Å². The van der Waals surface area contributed by atoms with E-state index in [1.165, 1.54) is 18.9 Å². The number of rotatable bonds is 5. The number of nitrogens with zero attached hydrogens (tertiary/aromatic N) is 2. The van der Waals surface area contributed by atoms with Gasteiger partial charge in [-0.15, -0.1) is 0 Å². The van der Waals surface area contributed by atoms with Gasteiger partial charge >= 0.3 is 11.7 Å². The van der Waals surface area contributed by atoms with E-state index in [-0.39, 0.29) is 5.56 Å². The molecule has 0 saturated heterocycles. The molecule has 0 bridgehead atoms. The van der Waals surface area contributed by atoms with Crippen molar-refractivity contribution in [2.75, 3.05) is 11.9 Å². The van der Waals surface area contributed by atoms with E-state index in [1.54, 1.807) is 0 Å². The molecule has 20 heavy (non-hydrogen) atoms. The minimum atomic E-state index is -1.32. The Balaban J connectivity index is 2.11. The first kappa shape index (κ1) is 14.2. The molecular formula is C13H17N3O4. The van der Waals surface area contributed by atoms with Gasteiger partial charge in [-0.3, -0.25) is 10.1 Å². The summed E-state index contributed by atoms with van der Waals surface area (Å²) in [4.78, 5) is 24.9. The molecule has 1 saturated carbocycles.